The van der Waals surface area contributed by atoms with Gasteiger partial charge in [-0.15, -0.1) is 11.3 Å². The normalized spacial score (nSPS) is 18.7. The van der Waals surface area contributed by atoms with Crippen molar-refractivity contribution in [2.75, 3.05) is 39.5 Å². The summed E-state index contributed by atoms with van der Waals surface area (Å²) in [6.07, 6.45) is 1.55. The molecule has 18 heteroatoms. The van der Waals surface area contributed by atoms with Crippen LogP contribution < -0.4 is 25.7 Å². The Kier molecular flexibility index (Phi) is 19.7. The third kappa shape index (κ3) is 14.3. The minimum Gasteiger partial charge on any atom is -0.493 e. The van der Waals surface area contributed by atoms with Crippen molar-refractivity contribution in [3.8, 4) is 16.2 Å². The monoisotopic (exact) mass is 1200 g/mol. The van der Waals surface area contributed by atoms with Crippen molar-refractivity contribution in [1.29, 1.82) is 0 Å². The number of fused-ring (bicyclic) bond motifs is 2. The van der Waals surface area contributed by atoms with Crippen LogP contribution in [0.15, 0.2) is 132 Å². The van der Waals surface area contributed by atoms with Crippen LogP contribution >= 0.6 is 11.3 Å². The molecule has 12 nitrogen and oxygen atoms in total. The molecule has 1 aliphatic carbocycles. The number of hydrogen-bond donors (Lipinski definition) is 3. The Balaban J connectivity index is 0.782. The molecule has 0 spiro atoms. The summed E-state index contributed by atoms with van der Waals surface area (Å²) in [4.78, 5) is 49.2. The van der Waals surface area contributed by atoms with E-state index in [1.54, 1.807) is 42.5 Å². The molecule has 0 bridgehead atoms. The summed E-state index contributed by atoms with van der Waals surface area (Å²) in [5, 5.41) is 17.6. The van der Waals surface area contributed by atoms with E-state index in [4.69, 9.17) is 13.9 Å². The lowest BCUT2D eigenvalue weighted by Crippen LogP contribution is -2.67. The number of halogens is 4. The van der Waals surface area contributed by atoms with Crippen molar-refractivity contribution in [3.05, 3.63) is 172 Å². The van der Waals surface area contributed by atoms with Crippen molar-refractivity contribution in [3.63, 3.8) is 0 Å². The number of benzene rings is 5. The van der Waals surface area contributed by atoms with Gasteiger partial charge in [-0.05, 0) is 100 Å². The number of aliphatic hydroxyl groups excluding tert-OH is 1. The molecule has 3 N–H and O–H groups in total. The van der Waals surface area contributed by atoms with E-state index in [0.29, 0.717) is 37.7 Å². The van der Waals surface area contributed by atoms with Gasteiger partial charge in [0.05, 0.1) is 48.0 Å². The number of β-amino-alcohol motifs (C(OH)–C–C–N with tert-alkyl or cyclic N) is 1. The molecule has 9 rings (SSSR count). The minimum atomic E-state index is -3.43. The Morgan fingerprint density at radius 3 is 2.11 bits per heavy atom. The lowest BCUT2D eigenvalue weighted by Gasteiger charge is -2.46. The van der Waals surface area contributed by atoms with Gasteiger partial charge in [-0.25, -0.2) is 22.5 Å². The summed E-state index contributed by atoms with van der Waals surface area (Å²) >= 11 is 1.56. The molecule has 3 heterocycles. The fourth-order valence-electron chi connectivity index (χ4n) is 12.4. The molecule has 1 saturated heterocycles. The highest BCUT2D eigenvalue weighted by molar-refractivity contribution is 7.13. The van der Waals surface area contributed by atoms with Gasteiger partial charge >= 0.3 is 0 Å². The number of aryl methyl sites for hydroxylation is 1. The summed E-state index contributed by atoms with van der Waals surface area (Å²) < 4.78 is 86.1. The summed E-state index contributed by atoms with van der Waals surface area (Å²) in [7, 11) is -3.36. The van der Waals surface area contributed by atoms with Crippen molar-refractivity contribution in [2.24, 2.45) is 5.41 Å². The molecule has 1 aromatic heterocycles. The van der Waals surface area contributed by atoms with Crippen molar-refractivity contribution >= 4 is 53.3 Å². The average Bonchev–Trinajstić information content (AvgIpc) is 2.03. The maximum atomic E-state index is 17.1. The first-order valence-corrected chi connectivity index (χ1v) is 32.2. The Bertz CT molecular complexity index is 3270. The largest absolute Gasteiger partial charge is 0.493 e. The van der Waals surface area contributed by atoms with Crippen LogP contribution in [0.2, 0.25) is 5.04 Å². The van der Waals surface area contributed by atoms with E-state index in [9.17, 15) is 19.5 Å². The third-order valence-corrected chi connectivity index (χ3v) is 22.6. The number of amides is 3. The second-order valence-corrected chi connectivity index (χ2v) is 30.1. The predicted octanol–water partition coefficient (Wildman–Crippen LogP) is 11.1. The van der Waals surface area contributed by atoms with Crippen LogP contribution in [0.3, 0.4) is 0 Å². The summed E-state index contributed by atoms with van der Waals surface area (Å²) in [5.74, 6) is -6.66. The Labute approximate surface area is 502 Å². The number of unbranched alkanes of at least 4 members (excludes halogenated alkanes) is 2. The SMILES string of the molecule is Cc1ncsc1-c1ccc(CNC(=O)[C@@H]2C[C@@H](O)CN2C(=O)[C@@H](NC(=O)COCCCCCOc2cc(F)c([C@@H]3C4=C(C[C@@H](C)N3CC(F)(F)CO[Si](c3ccccc3)(c3ccccc3)C(C)(C)C)c3ccccc3C4)c(F)c2)C(C)(C)C)cc1. The van der Waals surface area contributed by atoms with Crippen molar-refractivity contribution in [1.82, 2.24) is 25.4 Å². The van der Waals surface area contributed by atoms with E-state index in [0.717, 1.165) is 60.9 Å². The van der Waals surface area contributed by atoms with Gasteiger partial charge in [-0.2, -0.15) is 0 Å². The number of likely N-dealkylation sites (tertiary alicyclic amines) is 1. The average molecular weight is 1200 g/mol. The predicted molar refractivity (Wildman–Crippen MR) is 327 cm³/mol. The molecule has 6 aromatic rings. The minimum absolute atomic E-state index is 0.0301. The Morgan fingerprint density at radius 1 is 0.847 bits per heavy atom. The molecule has 0 unspecified atom stereocenters. The van der Waals surface area contributed by atoms with E-state index < -0.39 is 97.5 Å². The number of carbonyl (C=O) groups is 3. The van der Waals surface area contributed by atoms with Crippen LogP contribution in [0, 0.1) is 24.0 Å². The highest BCUT2D eigenvalue weighted by Gasteiger charge is 2.53. The van der Waals surface area contributed by atoms with Crippen molar-refractivity contribution in [2.45, 2.75) is 142 Å². The molecule has 452 valence electrons. The molecule has 2 aliphatic heterocycles. The van der Waals surface area contributed by atoms with E-state index in [1.165, 1.54) is 4.90 Å². The quantitative estimate of drug-likeness (QED) is 0.0325. The standard InChI is InChI=1S/C67H79F4N5O7SSi/c1-43-32-53-52-25-17-16-20-47(52)33-54(53)60(76(43)40-67(70,71)41-83-85(66(6,7)8,50-21-12-9-13-22-50)51-23-14-10-15-24-51)59-55(68)35-49(36-56(59)69)82-31-19-11-18-30-81-39-58(78)74-62(65(3,4)5)64(80)75-38-48(77)34-57(75)63(79)72-37-45-26-28-46(29-27-45)61-44(2)73-42-84-61/h9-10,12-17,20-29,35-36,42-43,48,57,60,62,77H,11,18-19,30-34,37-41H2,1-8H3,(H,72,79)(H,74,78)/t43-,48-,57+,60+,62-/m1/s1. The fourth-order valence-corrected chi connectivity index (χ4v) is 17.8. The number of rotatable bonds is 23. The van der Waals surface area contributed by atoms with Crippen LogP contribution in [0.25, 0.3) is 16.0 Å². The molecular weight excluding hydrogens is 1120 g/mol. The molecule has 85 heavy (non-hydrogen) atoms. The highest BCUT2D eigenvalue weighted by atomic mass is 32.1. The van der Waals surface area contributed by atoms with Crippen LogP contribution in [-0.2, 0) is 36.5 Å². The topological polar surface area (TPSA) is 143 Å². The zero-order valence-electron chi connectivity index (χ0n) is 49.9. The smallest absolute Gasteiger partial charge is 0.282 e. The lowest BCUT2D eigenvalue weighted by molar-refractivity contribution is -0.144. The number of ether oxygens (including phenoxy) is 2. The molecule has 0 radical (unpaired) electrons. The number of nitrogens with zero attached hydrogens (tertiary/aromatic N) is 3. The van der Waals surface area contributed by atoms with Gasteiger partial charge in [-0.1, -0.05) is 151 Å². The number of aliphatic hydroxyl groups is 1. The van der Waals surface area contributed by atoms with Gasteiger partial charge in [0.25, 0.3) is 14.2 Å². The molecule has 0 saturated carbocycles. The number of hydrogen-bond acceptors (Lipinski definition) is 10. The van der Waals surface area contributed by atoms with Crippen LogP contribution in [-0.4, -0.2) is 116 Å². The number of alkyl halides is 2. The van der Waals surface area contributed by atoms with Crippen LogP contribution in [0.5, 0.6) is 5.75 Å². The van der Waals surface area contributed by atoms with Crippen molar-refractivity contribution < 1.29 is 51.0 Å². The van der Waals surface area contributed by atoms with E-state index in [1.807, 2.05) is 144 Å². The van der Waals surface area contributed by atoms with Gasteiger partial charge in [0, 0.05) is 49.9 Å². The van der Waals surface area contributed by atoms with Crippen LogP contribution in [0.1, 0.15) is 115 Å². The number of aromatic nitrogens is 1. The zero-order valence-corrected chi connectivity index (χ0v) is 51.7. The lowest BCUT2D eigenvalue weighted by atomic mass is 9.84. The first-order chi connectivity index (χ1) is 40.5. The number of thiazole rings is 1. The summed E-state index contributed by atoms with van der Waals surface area (Å²) in [6, 6.07) is 33.4. The number of nitrogens with one attached hydrogen (secondary N) is 2. The second-order valence-electron chi connectivity index (χ2n) is 25.0. The van der Waals surface area contributed by atoms with Gasteiger partial charge in [0.2, 0.25) is 17.7 Å². The van der Waals surface area contributed by atoms with Crippen LogP contribution in [0.4, 0.5) is 17.6 Å². The molecular formula is C67H79F4N5O7SSi. The molecule has 1 fully saturated rings. The highest BCUT2D eigenvalue weighted by Crippen LogP contribution is 2.51. The van der Waals surface area contributed by atoms with Gasteiger partial charge in [-0.3, -0.25) is 19.3 Å². The van der Waals surface area contributed by atoms with E-state index in [2.05, 4.69) is 15.6 Å². The molecule has 3 aliphatic rings. The zero-order chi connectivity index (χ0) is 60.8. The first-order valence-electron chi connectivity index (χ1n) is 29.4. The molecule has 3 amide bonds. The first kappa shape index (κ1) is 63.0. The maximum absolute atomic E-state index is 17.1. The third-order valence-electron chi connectivity index (χ3n) is 16.6. The van der Waals surface area contributed by atoms with E-state index in [-0.39, 0.29) is 50.6 Å². The molecule has 5 atom stereocenters. The number of carbonyl (C=O) groups excluding carboxylic acids is 3. The van der Waals surface area contributed by atoms with Gasteiger partial charge in [0.1, 0.15) is 36.1 Å². The van der Waals surface area contributed by atoms with Gasteiger partial charge in [0.15, 0.2) is 0 Å². The maximum Gasteiger partial charge on any atom is 0.282 e. The van der Waals surface area contributed by atoms with Gasteiger partial charge < -0.3 is 34.5 Å². The van der Waals surface area contributed by atoms with E-state index >= 15 is 17.6 Å². The second kappa shape index (κ2) is 26.6. The fraction of sp³-hybridized carbons (Fsp3) is 0.433. The summed E-state index contributed by atoms with van der Waals surface area (Å²) in [5.41, 5.74) is 7.16. The summed E-state index contributed by atoms with van der Waals surface area (Å²) in [6.45, 7) is 13.8. The Hall–Kier alpha value is -6.54. The Morgan fingerprint density at radius 2 is 1.48 bits per heavy atom. The molecule has 5 aromatic carbocycles.